The van der Waals surface area contributed by atoms with Gasteiger partial charge in [-0.05, 0) is 23.8 Å². The molecule has 1 unspecified atom stereocenters. The first-order valence-electron chi connectivity index (χ1n) is 4.61. The van der Waals surface area contributed by atoms with Gasteiger partial charge in [-0.3, -0.25) is 0 Å². The van der Waals surface area contributed by atoms with E-state index in [4.69, 9.17) is 10.5 Å². The van der Waals surface area contributed by atoms with E-state index in [1.54, 1.807) is 0 Å². The highest BCUT2D eigenvalue weighted by Crippen LogP contribution is 2.25. The van der Waals surface area contributed by atoms with Crippen molar-refractivity contribution < 1.29 is 4.74 Å². The number of halogens is 1. The van der Waals surface area contributed by atoms with Crippen LogP contribution in [-0.4, -0.2) is 6.61 Å². The minimum atomic E-state index is -0.120. The van der Waals surface area contributed by atoms with Crippen molar-refractivity contribution in [3.8, 4) is 0 Å². The Labute approximate surface area is 91.9 Å². The zero-order chi connectivity index (χ0) is 9.97. The Hall–Kier alpha value is -0.800. The molecule has 0 spiro atoms. The zero-order valence-electron chi connectivity index (χ0n) is 7.74. The summed E-state index contributed by atoms with van der Waals surface area (Å²) < 4.78 is 6.49. The van der Waals surface area contributed by atoms with Crippen LogP contribution in [0.5, 0.6) is 0 Å². The lowest BCUT2D eigenvalue weighted by Gasteiger charge is -2.13. The maximum absolute atomic E-state index is 6.04. The number of rotatable bonds is 2. The second-order valence-corrected chi connectivity index (χ2v) is 4.19. The van der Waals surface area contributed by atoms with Gasteiger partial charge in [0.25, 0.3) is 0 Å². The first kappa shape index (κ1) is 9.74. The predicted molar refractivity (Wildman–Crippen MR) is 59.7 cm³/mol. The van der Waals surface area contributed by atoms with E-state index in [0.29, 0.717) is 0 Å². The number of benzene rings is 1. The molecule has 3 heteroatoms. The van der Waals surface area contributed by atoms with Crippen LogP contribution in [0, 0.1) is 0 Å². The lowest BCUT2D eigenvalue weighted by Crippen LogP contribution is -2.13. The molecule has 0 saturated carbocycles. The van der Waals surface area contributed by atoms with Gasteiger partial charge in [-0.2, -0.15) is 0 Å². The highest BCUT2D eigenvalue weighted by atomic mass is 79.9. The standard InChI is InChI=1S/C11H12BrNO/c12-9-5-3-8(4-6-9)11(13)10-2-1-7-14-10/h2-6,11H,1,7,13H2. The van der Waals surface area contributed by atoms with Crippen molar-refractivity contribution >= 4 is 15.9 Å². The molecule has 14 heavy (non-hydrogen) atoms. The van der Waals surface area contributed by atoms with Gasteiger partial charge in [-0.1, -0.05) is 28.1 Å². The van der Waals surface area contributed by atoms with Crippen LogP contribution in [-0.2, 0) is 4.74 Å². The normalized spacial score (nSPS) is 17.4. The predicted octanol–water partition coefficient (Wildman–Crippen LogP) is 2.75. The Morgan fingerprint density at radius 3 is 2.57 bits per heavy atom. The van der Waals surface area contributed by atoms with Crippen molar-refractivity contribution in [3.63, 3.8) is 0 Å². The number of ether oxygens (including phenoxy) is 1. The quantitative estimate of drug-likeness (QED) is 0.880. The van der Waals surface area contributed by atoms with Crippen molar-refractivity contribution in [1.29, 1.82) is 0 Å². The molecule has 1 aromatic rings. The molecule has 0 amide bonds. The number of hydrogen-bond acceptors (Lipinski definition) is 2. The van der Waals surface area contributed by atoms with E-state index in [9.17, 15) is 0 Å². The SMILES string of the molecule is NC(C1=CCCO1)c1ccc(Br)cc1. The molecule has 0 radical (unpaired) electrons. The molecular formula is C11H12BrNO. The highest BCUT2D eigenvalue weighted by molar-refractivity contribution is 9.10. The summed E-state index contributed by atoms with van der Waals surface area (Å²) in [6.45, 7) is 0.763. The maximum Gasteiger partial charge on any atom is 0.113 e. The highest BCUT2D eigenvalue weighted by Gasteiger charge is 2.15. The summed E-state index contributed by atoms with van der Waals surface area (Å²) in [6, 6.07) is 7.88. The Kier molecular flexibility index (Phi) is 2.89. The monoisotopic (exact) mass is 253 g/mol. The third kappa shape index (κ3) is 1.99. The molecule has 0 bridgehead atoms. The molecule has 1 heterocycles. The summed E-state index contributed by atoms with van der Waals surface area (Å²) >= 11 is 3.39. The fourth-order valence-corrected chi connectivity index (χ4v) is 1.75. The molecule has 0 fully saturated rings. The van der Waals surface area contributed by atoms with Crippen molar-refractivity contribution in [2.75, 3.05) is 6.61 Å². The van der Waals surface area contributed by atoms with Crippen LogP contribution in [0.15, 0.2) is 40.6 Å². The molecule has 0 aliphatic carbocycles. The van der Waals surface area contributed by atoms with Gasteiger partial charge in [0, 0.05) is 10.9 Å². The van der Waals surface area contributed by atoms with Crippen LogP contribution in [0.3, 0.4) is 0 Å². The van der Waals surface area contributed by atoms with Gasteiger partial charge in [-0.15, -0.1) is 0 Å². The van der Waals surface area contributed by atoms with Gasteiger partial charge < -0.3 is 10.5 Å². The molecule has 0 aromatic heterocycles. The van der Waals surface area contributed by atoms with Crippen molar-refractivity contribution in [2.45, 2.75) is 12.5 Å². The fraction of sp³-hybridized carbons (Fsp3) is 0.273. The fourth-order valence-electron chi connectivity index (χ4n) is 1.49. The average Bonchev–Trinajstić information content (AvgIpc) is 2.71. The van der Waals surface area contributed by atoms with E-state index < -0.39 is 0 Å². The van der Waals surface area contributed by atoms with E-state index in [0.717, 1.165) is 28.8 Å². The molecule has 1 atom stereocenters. The molecule has 1 aromatic carbocycles. The lowest BCUT2D eigenvalue weighted by molar-refractivity contribution is 0.225. The van der Waals surface area contributed by atoms with E-state index in [-0.39, 0.29) is 6.04 Å². The molecule has 1 aliphatic rings. The smallest absolute Gasteiger partial charge is 0.113 e. The summed E-state index contributed by atoms with van der Waals surface area (Å²) in [5.41, 5.74) is 7.13. The second-order valence-electron chi connectivity index (χ2n) is 3.27. The van der Waals surface area contributed by atoms with Crippen LogP contribution < -0.4 is 5.73 Å². The summed E-state index contributed by atoms with van der Waals surface area (Å²) in [6.07, 6.45) is 3.03. The van der Waals surface area contributed by atoms with Crippen LogP contribution in [0.4, 0.5) is 0 Å². The number of hydrogen-bond donors (Lipinski definition) is 1. The molecule has 1 aliphatic heterocycles. The Morgan fingerprint density at radius 1 is 1.29 bits per heavy atom. The van der Waals surface area contributed by atoms with Gasteiger partial charge in [0.15, 0.2) is 0 Å². The zero-order valence-corrected chi connectivity index (χ0v) is 9.33. The first-order chi connectivity index (χ1) is 6.77. The van der Waals surface area contributed by atoms with Crippen molar-refractivity contribution in [1.82, 2.24) is 0 Å². The summed E-state index contributed by atoms with van der Waals surface area (Å²) in [7, 11) is 0. The van der Waals surface area contributed by atoms with E-state index in [1.165, 1.54) is 0 Å². The Bertz CT molecular complexity index is 345. The van der Waals surface area contributed by atoms with Crippen LogP contribution in [0.25, 0.3) is 0 Å². The topological polar surface area (TPSA) is 35.2 Å². The van der Waals surface area contributed by atoms with Gasteiger partial charge >= 0.3 is 0 Å². The summed E-state index contributed by atoms with van der Waals surface area (Å²) in [5, 5.41) is 0. The Morgan fingerprint density at radius 2 is 2.00 bits per heavy atom. The largest absolute Gasteiger partial charge is 0.496 e. The van der Waals surface area contributed by atoms with Gasteiger partial charge in [0.2, 0.25) is 0 Å². The van der Waals surface area contributed by atoms with E-state index >= 15 is 0 Å². The molecule has 0 saturated heterocycles. The van der Waals surface area contributed by atoms with Gasteiger partial charge in [0.1, 0.15) is 5.76 Å². The molecule has 2 nitrogen and oxygen atoms in total. The first-order valence-corrected chi connectivity index (χ1v) is 5.40. The minimum absolute atomic E-state index is 0.120. The average molecular weight is 254 g/mol. The summed E-state index contributed by atoms with van der Waals surface area (Å²) in [4.78, 5) is 0. The molecule has 2 rings (SSSR count). The van der Waals surface area contributed by atoms with Crippen LogP contribution in [0.1, 0.15) is 18.0 Å². The third-order valence-corrected chi connectivity index (χ3v) is 2.80. The lowest BCUT2D eigenvalue weighted by atomic mass is 10.1. The second kappa shape index (κ2) is 4.15. The van der Waals surface area contributed by atoms with Crippen LogP contribution in [0.2, 0.25) is 0 Å². The molecular weight excluding hydrogens is 242 g/mol. The van der Waals surface area contributed by atoms with E-state index in [2.05, 4.69) is 22.0 Å². The van der Waals surface area contributed by atoms with Gasteiger partial charge in [0.05, 0.1) is 12.6 Å². The van der Waals surface area contributed by atoms with Crippen molar-refractivity contribution in [2.24, 2.45) is 5.73 Å². The van der Waals surface area contributed by atoms with Crippen molar-refractivity contribution in [3.05, 3.63) is 46.1 Å². The van der Waals surface area contributed by atoms with Gasteiger partial charge in [-0.25, -0.2) is 0 Å². The van der Waals surface area contributed by atoms with E-state index in [1.807, 2.05) is 24.3 Å². The minimum Gasteiger partial charge on any atom is -0.496 e. The Balaban J connectivity index is 2.18. The van der Waals surface area contributed by atoms with Crippen LogP contribution >= 0.6 is 15.9 Å². The molecule has 74 valence electrons. The number of nitrogens with two attached hydrogens (primary N) is 1. The summed E-state index contributed by atoms with van der Waals surface area (Å²) in [5.74, 6) is 0.896. The maximum atomic E-state index is 6.04. The molecule has 2 N–H and O–H groups in total. The third-order valence-electron chi connectivity index (χ3n) is 2.27.